The average molecular weight is 477 g/mol. The third kappa shape index (κ3) is 5.45. The summed E-state index contributed by atoms with van der Waals surface area (Å²) in [5, 5.41) is 16.3. The molecule has 1 aromatic carbocycles. The van der Waals surface area contributed by atoms with Gasteiger partial charge in [0.1, 0.15) is 11.4 Å². The highest BCUT2D eigenvalue weighted by molar-refractivity contribution is 6.01. The molecule has 9 nitrogen and oxygen atoms in total. The van der Waals surface area contributed by atoms with Gasteiger partial charge in [0.25, 0.3) is 0 Å². The maximum absolute atomic E-state index is 13.1. The van der Waals surface area contributed by atoms with E-state index in [1.807, 2.05) is 0 Å². The Balaban J connectivity index is 1.93. The van der Waals surface area contributed by atoms with E-state index in [1.165, 1.54) is 7.05 Å². The number of morpholine rings is 1. The first-order valence-corrected chi connectivity index (χ1v) is 10.5. The van der Waals surface area contributed by atoms with Crippen LogP contribution in [-0.4, -0.2) is 67.4 Å². The lowest BCUT2D eigenvalue weighted by Crippen LogP contribution is -2.39. The van der Waals surface area contributed by atoms with Gasteiger partial charge in [0, 0.05) is 56.8 Å². The van der Waals surface area contributed by atoms with Crippen molar-refractivity contribution >= 4 is 40.8 Å². The lowest BCUT2D eigenvalue weighted by Gasteiger charge is -2.26. The number of hydrogen-bond acceptors (Lipinski definition) is 8. The number of ether oxygens (including phenoxy) is 1. The molecule has 1 amide bonds. The fourth-order valence-electron chi connectivity index (χ4n) is 3.57. The highest BCUT2D eigenvalue weighted by Gasteiger charge is 2.35. The number of carbonyl (C=O) groups is 1. The van der Waals surface area contributed by atoms with Crippen LogP contribution < -0.4 is 16.0 Å². The fraction of sp³-hybridized carbons (Fsp3) is 0.364. The smallest absolute Gasteiger partial charge is 0.387 e. The van der Waals surface area contributed by atoms with Gasteiger partial charge in [-0.15, -0.1) is 0 Å². The molecular weight excluding hydrogens is 451 g/mol. The normalized spacial score (nSPS) is 14.5. The number of alkyl halides is 3. The molecule has 1 fully saturated rings. The van der Waals surface area contributed by atoms with Crippen molar-refractivity contribution < 1.29 is 22.7 Å². The van der Waals surface area contributed by atoms with Gasteiger partial charge < -0.3 is 31.0 Å². The maximum atomic E-state index is 13.1. The Kier molecular flexibility index (Phi) is 7.72. The van der Waals surface area contributed by atoms with Crippen molar-refractivity contribution in [2.24, 2.45) is 0 Å². The summed E-state index contributed by atoms with van der Waals surface area (Å²) in [6.45, 7) is 3.85. The van der Waals surface area contributed by atoms with E-state index in [0.717, 1.165) is 6.21 Å². The minimum absolute atomic E-state index is 0.0648. The van der Waals surface area contributed by atoms with Gasteiger partial charge in [0.2, 0.25) is 11.9 Å². The number of halogens is 3. The molecule has 0 spiro atoms. The molecule has 1 saturated heterocycles. The molecular formula is C22H26F3N7O2. The van der Waals surface area contributed by atoms with Gasteiger partial charge in [-0.25, -0.2) is 4.98 Å². The van der Waals surface area contributed by atoms with E-state index in [0.29, 0.717) is 60.6 Å². The standard InChI is InChI=1S/C22H26F3N7O2/c1-13(10-18(33)32-6-8-34-9-7-32)14-4-5-17(15(11-26)19(14)27-2)30-21-29-12-16(22(23,24)25)20(28-3)31-21/h4-5,10-12,26-27H,6-9H2,1-3H3,(H2,28,29,30,31)/b13-10+,26-11?. The van der Waals surface area contributed by atoms with E-state index in [4.69, 9.17) is 10.1 Å². The summed E-state index contributed by atoms with van der Waals surface area (Å²) in [7, 11) is 3.02. The first kappa shape index (κ1) is 25.0. The number of nitrogens with one attached hydrogen (secondary N) is 4. The Labute approximate surface area is 194 Å². The number of amides is 1. The summed E-state index contributed by atoms with van der Waals surface area (Å²) in [6, 6.07) is 3.41. The average Bonchev–Trinajstić information content (AvgIpc) is 2.83. The van der Waals surface area contributed by atoms with Gasteiger partial charge in [0.15, 0.2) is 0 Å². The van der Waals surface area contributed by atoms with E-state index in [-0.39, 0.29) is 17.7 Å². The molecule has 1 aliphatic heterocycles. The van der Waals surface area contributed by atoms with Crippen molar-refractivity contribution in [2.75, 3.05) is 56.3 Å². The van der Waals surface area contributed by atoms with E-state index in [9.17, 15) is 18.0 Å². The van der Waals surface area contributed by atoms with Gasteiger partial charge >= 0.3 is 6.18 Å². The molecule has 1 aromatic heterocycles. The van der Waals surface area contributed by atoms with Crippen molar-refractivity contribution in [3.63, 3.8) is 0 Å². The van der Waals surface area contributed by atoms with Crippen molar-refractivity contribution in [3.05, 3.63) is 41.1 Å². The maximum Gasteiger partial charge on any atom is 0.421 e. The summed E-state index contributed by atoms with van der Waals surface area (Å²) in [5.41, 5.74) is 1.84. The highest BCUT2D eigenvalue weighted by atomic mass is 19.4. The van der Waals surface area contributed by atoms with Crippen molar-refractivity contribution in [1.82, 2.24) is 14.9 Å². The SMILES string of the molecule is CNc1nc(Nc2ccc(/C(C)=C/C(=O)N3CCOCC3)c(NC)c2C=N)ncc1C(F)(F)F. The van der Waals surface area contributed by atoms with Crippen LogP contribution in [0.5, 0.6) is 0 Å². The lowest BCUT2D eigenvalue weighted by molar-refractivity contribution is -0.137. The molecule has 4 N–H and O–H groups in total. The van der Waals surface area contributed by atoms with E-state index < -0.39 is 11.7 Å². The zero-order chi connectivity index (χ0) is 24.9. The van der Waals surface area contributed by atoms with Gasteiger partial charge in [-0.2, -0.15) is 18.2 Å². The molecule has 34 heavy (non-hydrogen) atoms. The molecule has 0 saturated carbocycles. The largest absolute Gasteiger partial charge is 0.421 e. The van der Waals surface area contributed by atoms with Crippen LogP contribution in [0.2, 0.25) is 0 Å². The summed E-state index contributed by atoms with van der Waals surface area (Å²) in [4.78, 5) is 22.0. The predicted octanol–water partition coefficient (Wildman–Crippen LogP) is 3.58. The number of allylic oxidation sites excluding steroid dienone is 1. The van der Waals surface area contributed by atoms with Crippen LogP contribution in [0.1, 0.15) is 23.6 Å². The lowest BCUT2D eigenvalue weighted by atomic mass is 9.99. The number of nitrogens with zero attached hydrogens (tertiary/aromatic N) is 3. The van der Waals surface area contributed by atoms with E-state index in [2.05, 4.69) is 25.9 Å². The third-order valence-corrected chi connectivity index (χ3v) is 5.30. The second kappa shape index (κ2) is 10.5. The van der Waals surface area contributed by atoms with Crippen LogP contribution >= 0.6 is 0 Å². The molecule has 0 aliphatic carbocycles. The predicted molar refractivity (Wildman–Crippen MR) is 125 cm³/mol. The molecule has 12 heteroatoms. The second-order valence-corrected chi connectivity index (χ2v) is 7.44. The minimum Gasteiger partial charge on any atom is -0.387 e. The Morgan fingerprint density at radius 2 is 1.91 bits per heavy atom. The van der Waals surface area contributed by atoms with Gasteiger partial charge in [-0.05, 0) is 18.6 Å². The van der Waals surface area contributed by atoms with Crippen molar-refractivity contribution in [3.8, 4) is 0 Å². The number of anilines is 4. The van der Waals surface area contributed by atoms with Crippen molar-refractivity contribution in [1.29, 1.82) is 5.41 Å². The number of aromatic nitrogens is 2. The van der Waals surface area contributed by atoms with Crippen molar-refractivity contribution in [2.45, 2.75) is 13.1 Å². The molecule has 0 bridgehead atoms. The molecule has 0 unspecified atom stereocenters. The van der Waals surface area contributed by atoms with Gasteiger partial charge in [0.05, 0.1) is 24.6 Å². The second-order valence-electron chi connectivity index (χ2n) is 7.44. The summed E-state index contributed by atoms with van der Waals surface area (Å²) >= 11 is 0. The van der Waals surface area contributed by atoms with E-state index >= 15 is 0 Å². The Morgan fingerprint density at radius 1 is 1.21 bits per heavy atom. The fourth-order valence-corrected chi connectivity index (χ4v) is 3.57. The molecule has 2 aromatic rings. The van der Waals surface area contributed by atoms with Gasteiger partial charge in [-0.1, -0.05) is 6.07 Å². The first-order chi connectivity index (χ1) is 16.2. The van der Waals surface area contributed by atoms with Crippen LogP contribution in [0.4, 0.5) is 36.3 Å². The molecule has 3 rings (SSSR count). The quantitative estimate of drug-likeness (QED) is 0.356. The van der Waals surface area contributed by atoms with Crippen LogP contribution in [0.25, 0.3) is 5.57 Å². The van der Waals surface area contributed by atoms with Crippen LogP contribution in [0.3, 0.4) is 0 Å². The highest BCUT2D eigenvalue weighted by Crippen LogP contribution is 2.35. The van der Waals surface area contributed by atoms with Gasteiger partial charge in [-0.3, -0.25) is 4.79 Å². The van der Waals surface area contributed by atoms with Crippen LogP contribution in [0.15, 0.2) is 24.4 Å². The Hall–Kier alpha value is -3.67. The number of carbonyl (C=O) groups excluding carboxylic acids is 1. The summed E-state index contributed by atoms with van der Waals surface area (Å²) in [6.07, 6.45) is -1.25. The molecule has 0 atom stereocenters. The zero-order valence-corrected chi connectivity index (χ0v) is 19.0. The first-order valence-electron chi connectivity index (χ1n) is 10.5. The Morgan fingerprint density at radius 3 is 2.50 bits per heavy atom. The monoisotopic (exact) mass is 477 g/mol. The van der Waals surface area contributed by atoms with Crippen LogP contribution in [-0.2, 0) is 15.7 Å². The topological polar surface area (TPSA) is 115 Å². The molecule has 2 heterocycles. The Bertz CT molecular complexity index is 1100. The summed E-state index contributed by atoms with van der Waals surface area (Å²) < 4.78 is 44.7. The molecule has 0 radical (unpaired) electrons. The summed E-state index contributed by atoms with van der Waals surface area (Å²) in [5.74, 6) is -0.559. The molecule has 1 aliphatic rings. The minimum atomic E-state index is -4.60. The number of benzene rings is 1. The zero-order valence-electron chi connectivity index (χ0n) is 19.0. The molecule has 182 valence electrons. The van der Waals surface area contributed by atoms with E-state index in [1.54, 1.807) is 37.1 Å². The number of hydrogen-bond donors (Lipinski definition) is 4. The number of rotatable bonds is 7. The third-order valence-electron chi connectivity index (χ3n) is 5.30. The van der Waals surface area contributed by atoms with Crippen LogP contribution in [0, 0.1) is 5.41 Å².